The molecule has 1 amide bonds. The maximum absolute atomic E-state index is 13.5. The maximum atomic E-state index is 13.5. The van der Waals surface area contributed by atoms with Crippen LogP contribution in [0.2, 0.25) is 0 Å². The first-order chi connectivity index (χ1) is 20.3. The van der Waals surface area contributed by atoms with Crippen molar-refractivity contribution in [2.24, 2.45) is 0 Å². The van der Waals surface area contributed by atoms with Crippen LogP contribution in [0.3, 0.4) is 0 Å². The number of hydrogen-bond donors (Lipinski definition) is 2. The zero-order valence-corrected chi connectivity index (χ0v) is 25.0. The molecule has 214 valence electrons. The van der Waals surface area contributed by atoms with Gasteiger partial charge in [0.05, 0.1) is 15.2 Å². The number of para-hydroxylation sites is 1. The van der Waals surface area contributed by atoms with Crippen LogP contribution in [0.4, 0.5) is 23.0 Å². The highest BCUT2D eigenvalue weighted by atomic mass is 32.1. The van der Waals surface area contributed by atoms with E-state index in [1.807, 2.05) is 69.3 Å². The second-order valence-corrected chi connectivity index (χ2v) is 11.8. The summed E-state index contributed by atoms with van der Waals surface area (Å²) in [5.41, 5.74) is 5.78. The number of hydrogen-bond acceptors (Lipinski definition) is 9. The lowest BCUT2D eigenvalue weighted by Crippen LogP contribution is -2.44. The van der Waals surface area contributed by atoms with Gasteiger partial charge in [-0.25, -0.2) is 9.97 Å². The predicted molar refractivity (Wildman–Crippen MR) is 170 cm³/mol. The number of carbonyl (C=O) groups is 1. The average Bonchev–Trinajstić information content (AvgIpc) is 3.35. The van der Waals surface area contributed by atoms with Gasteiger partial charge in [0.1, 0.15) is 11.3 Å². The standard InChI is InChI=1S/C32H33N7O2S/c1-20-6-5-7-21(2)29(20)36-30(40)26-19-33-32(35-23-8-10-24(11-9-23)39-16-14-38(4)15-17-39)37-31(26)41-25-12-13-28-27(18-25)34-22(3)42-28/h5-13,18-19H,14-17H2,1-4H3,(H,36,40)(H,33,35,37). The van der Waals surface area contributed by atoms with Gasteiger partial charge < -0.3 is 25.2 Å². The lowest BCUT2D eigenvalue weighted by atomic mass is 10.1. The van der Waals surface area contributed by atoms with Crippen molar-refractivity contribution in [1.29, 1.82) is 0 Å². The molecule has 6 rings (SSSR count). The SMILES string of the molecule is Cc1nc2cc(Oc3nc(Nc4ccc(N5CCN(C)CC5)cc4)ncc3C(=O)Nc3c(C)cccc3C)ccc2s1. The molecule has 0 atom stereocenters. The molecule has 0 bridgehead atoms. The van der Waals surface area contributed by atoms with E-state index in [2.05, 4.69) is 54.6 Å². The smallest absolute Gasteiger partial charge is 0.262 e. The predicted octanol–water partition coefficient (Wildman–Crippen LogP) is 6.55. The van der Waals surface area contributed by atoms with Gasteiger partial charge in [-0.2, -0.15) is 4.98 Å². The maximum Gasteiger partial charge on any atom is 0.262 e. The van der Waals surface area contributed by atoms with Gasteiger partial charge >= 0.3 is 0 Å². The number of amides is 1. The molecule has 2 aromatic heterocycles. The van der Waals surface area contributed by atoms with Gasteiger partial charge in [-0.05, 0) is 75.3 Å². The molecule has 3 aromatic carbocycles. The van der Waals surface area contributed by atoms with Crippen LogP contribution in [-0.4, -0.2) is 59.0 Å². The molecule has 1 fully saturated rings. The highest BCUT2D eigenvalue weighted by Gasteiger charge is 2.20. The van der Waals surface area contributed by atoms with Gasteiger partial charge in [0.25, 0.3) is 5.91 Å². The number of ether oxygens (including phenoxy) is 1. The summed E-state index contributed by atoms with van der Waals surface area (Å²) in [4.78, 5) is 31.9. The Kier molecular flexibility index (Phi) is 7.73. The summed E-state index contributed by atoms with van der Waals surface area (Å²) in [5, 5.41) is 7.26. The van der Waals surface area contributed by atoms with E-state index in [0.717, 1.165) is 63.9 Å². The number of thiazole rings is 1. The second-order valence-electron chi connectivity index (χ2n) is 10.6. The van der Waals surface area contributed by atoms with Crippen LogP contribution in [0.5, 0.6) is 11.6 Å². The first-order valence-corrected chi connectivity index (χ1v) is 14.7. The van der Waals surface area contributed by atoms with Gasteiger partial charge in [-0.3, -0.25) is 4.79 Å². The van der Waals surface area contributed by atoms with Gasteiger partial charge in [0, 0.05) is 55.5 Å². The Bertz CT molecular complexity index is 1720. The number of nitrogens with one attached hydrogen (secondary N) is 2. The number of nitrogens with zero attached hydrogens (tertiary/aromatic N) is 5. The Morgan fingerprint density at radius 2 is 1.67 bits per heavy atom. The lowest BCUT2D eigenvalue weighted by Gasteiger charge is -2.34. The molecule has 1 aliphatic rings. The number of fused-ring (bicyclic) bond motifs is 1. The highest BCUT2D eigenvalue weighted by Crippen LogP contribution is 2.31. The first-order valence-electron chi connectivity index (χ1n) is 13.9. The van der Waals surface area contributed by atoms with E-state index < -0.39 is 0 Å². The Balaban J connectivity index is 1.28. The zero-order chi connectivity index (χ0) is 29.2. The van der Waals surface area contributed by atoms with Crippen LogP contribution in [0, 0.1) is 20.8 Å². The summed E-state index contributed by atoms with van der Waals surface area (Å²) in [6, 6.07) is 19.8. The Morgan fingerprint density at radius 1 is 0.929 bits per heavy atom. The van der Waals surface area contributed by atoms with Gasteiger partial charge in [0.2, 0.25) is 11.8 Å². The number of aryl methyl sites for hydroxylation is 3. The minimum Gasteiger partial charge on any atom is -0.438 e. The summed E-state index contributed by atoms with van der Waals surface area (Å²) < 4.78 is 7.30. The third-order valence-corrected chi connectivity index (χ3v) is 8.34. The zero-order valence-electron chi connectivity index (χ0n) is 24.1. The Morgan fingerprint density at radius 3 is 2.40 bits per heavy atom. The van der Waals surface area contributed by atoms with Crippen molar-refractivity contribution in [3.8, 4) is 11.6 Å². The number of aromatic nitrogens is 3. The van der Waals surface area contributed by atoms with Crippen LogP contribution in [0.25, 0.3) is 10.2 Å². The van der Waals surface area contributed by atoms with Crippen molar-refractivity contribution in [2.75, 3.05) is 48.8 Å². The fraction of sp³-hybridized carbons (Fsp3) is 0.250. The first kappa shape index (κ1) is 27.6. The molecule has 0 radical (unpaired) electrons. The van der Waals surface area contributed by atoms with E-state index in [0.29, 0.717) is 11.7 Å². The average molecular weight is 580 g/mol. The summed E-state index contributed by atoms with van der Waals surface area (Å²) in [5.74, 6) is 0.661. The number of benzene rings is 3. The van der Waals surface area contributed by atoms with Gasteiger partial charge in [-0.1, -0.05) is 18.2 Å². The highest BCUT2D eigenvalue weighted by molar-refractivity contribution is 7.18. The van der Waals surface area contributed by atoms with Crippen LogP contribution in [0.15, 0.2) is 66.9 Å². The van der Waals surface area contributed by atoms with Crippen molar-refractivity contribution in [1.82, 2.24) is 19.9 Å². The molecule has 0 aliphatic carbocycles. The van der Waals surface area contributed by atoms with Crippen LogP contribution in [0.1, 0.15) is 26.5 Å². The monoisotopic (exact) mass is 579 g/mol. The molecule has 0 spiro atoms. The molecule has 1 aliphatic heterocycles. The van der Waals surface area contributed by atoms with Crippen molar-refractivity contribution in [2.45, 2.75) is 20.8 Å². The minimum atomic E-state index is -0.351. The Labute approximate surface area is 249 Å². The normalized spacial score (nSPS) is 13.8. The van der Waals surface area contributed by atoms with Crippen molar-refractivity contribution in [3.63, 3.8) is 0 Å². The topological polar surface area (TPSA) is 95.5 Å². The lowest BCUT2D eigenvalue weighted by molar-refractivity contribution is 0.102. The molecule has 2 N–H and O–H groups in total. The molecule has 9 nitrogen and oxygen atoms in total. The fourth-order valence-electron chi connectivity index (χ4n) is 5.00. The molecular weight excluding hydrogens is 546 g/mol. The van der Waals surface area contributed by atoms with E-state index in [1.165, 1.54) is 11.9 Å². The third-order valence-electron chi connectivity index (χ3n) is 7.39. The molecule has 5 aromatic rings. The third kappa shape index (κ3) is 6.05. The number of piperazine rings is 1. The molecule has 42 heavy (non-hydrogen) atoms. The summed E-state index contributed by atoms with van der Waals surface area (Å²) in [6.45, 7) is 10.0. The molecule has 0 unspecified atom stereocenters. The van der Waals surface area contributed by atoms with E-state index in [4.69, 9.17) is 4.74 Å². The largest absolute Gasteiger partial charge is 0.438 e. The molecule has 1 saturated heterocycles. The second kappa shape index (κ2) is 11.8. The molecule has 10 heteroatoms. The summed E-state index contributed by atoms with van der Waals surface area (Å²) in [6.07, 6.45) is 1.50. The number of likely N-dealkylation sites (N-methyl/N-ethyl adjacent to an activating group) is 1. The van der Waals surface area contributed by atoms with Crippen LogP contribution >= 0.6 is 11.3 Å². The quantitative estimate of drug-likeness (QED) is 0.224. The molecular formula is C32H33N7O2S. The van der Waals surface area contributed by atoms with Crippen molar-refractivity contribution in [3.05, 3.63) is 88.6 Å². The van der Waals surface area contributed by atoms with Gasteiger partial charge in [-0.15, -0.1) is 11.3 Å². The van der Waals surface area contributed by atoms with E-state index >= 15 is 0 Å². The van der Waals surface area contributed by atoms with Crippen molar-refractivity contribution >= 4 is 50.5 Å². The van der Waals surface area contributed by atoms with E-state index in [-0.39, 0.29) is 17.4 Å². The van der Waals surface area contributed by atoms with Gasteiger partial charge in [0.15, 0.2) is 0 Å². The number of rotatable bonds is 7. The molecule has 0 saturated carbocycles. The fourth-order valence-corrected chi connectivity index (χ4v) is 5.81. The minimum absolute atomic E-state index is 0.150. The Hall–Kier alpha value is -4.54. The summed E-state index contributed by atoms with van der Waals surface area (Å²) >= 11 is 1.62. The van der Waals surface area contributed by atoms with Crippen LogP contribution in [-0.2, 0) is 0 Å². The van der Waals surface area contributed by atoms with E-state index in [1.54, 1.807) is 11.3 Å². The number of carbonyl (C=O) groups excluding carboxylic acids is 1. The molecule has 3 heterocycles. The van der Waals surface area contributed by atoms with E-state index in [9.17, 15) is 4.79 Å². The number of anilines is 4. The van der Waals surface area contributed by atoms with Crippen molar-refractivity contribution < 1.29 is 9.53 Å². The summed E-state index contributed by atoms with van der Waals surface area (Å²) in [7, 11) is 2.15. The van der Waals surface area contributed by atoms with Crippen LogP contribution < -0.4 is 20.3 Å².